The van der Waals surface area contributed by atoms with Crippen LogP contribution in [0.4, 0.5) is 0 Å². The number of primary sulfonamides is 1. The zero-order valence-electron chi connectivity index (χ0n) is 14.8. The first kappa shape index (κ1) is 21.4. The van der Waals surface area contributed by atoms with Crippen LogP contribution in [-0.4, -0.2) is 45.7 Å². The second-order valence-corrected chi connectivity index (χ2v) is 8.12. The highest BCUT2D eigenvalue weighted by molar-refractivity contribution is 14.0. The third-order valence-corrected chi connectivity index (χ3v) is 5.62. The van der Waals surface area contributed by atoms with E-state index in [2.05, 4.69) is 15.6 Å². The van der Waals surface area contributed by atoms with Crippen molar-refractivity contribution in [1.82, 2.24) is 10.6 Å². The number of nitrogens with one attached hydrogen (secondary N) is 2. The van der Waals surface area contributed by atoms with E-state index in [4.69, 9.17) is 9.88 Å². The van der Waals surface area contributed by atoms with E-state index >= 15 is 0 Å². The van der Waals surface area contributed by atoms with Gasteiger partial charge in [-0.15, -0.1) is 24.0 Å². The number of hydrogen-bond acceptors (Lipinski definition) is 4. The molecule has 4 N–H and O–H groups in total. The Morgan fingerprint density at radius 1 is 1.31 bits per heavy atom. The minimum atomic E-state index is -3.64. The maximum absolute atomic E-state index is 11.3. The predicted octanol–water partition coefficient (Wildman–Crippen LogP) is 1.37. The molecule has 1 aromatic carbocycles. The molecule has 3 unspecified atom stereocenters. The maximum Gasteiger partial charge on any atom is 0.238 e. The zero-order chi connectivity index (χ0) is 17.9. The van der Waals surface area contributed by atoms with Gasteiger partial charge < -0.3 is 15.4 Å². The van der Waals surface area contributed by atoms with Gasteiger partial charge in [-0.05, 0) is 50.3 Å². The first-order valence-electron chi connectivity index (χ1n) is 8.77. The number of nitrogens with two attached hydrogens (primary N) is 1. The van der Waals surface area contributed by atoms with Crippen LogP contribution in [-0.2, 0) is 21.2 Å². The third kappa shape index (κ3) is 5.54. The molecule has 3 atom stereocenters. The number of nitrogens with zero attached hydrogens (tertiary/aromatic N) is 1. The van der Waals surface area contributed by atoms with Crippen LogP contribution in [0.25, 0.3) is 0 Å². The minimum Gasteiger partial charge on any atom is -0.373 e. The molecule has 0 amide bonds. The fourth-order valence-corrected chi connectivity index (χ4v) is 3.94. The van der Waals surface area contributed by atoms with E-state index in [1.165, 1.54) is 18.6 Å². The summed E-state index contributed by atoms with van der Waals surface area (Å²) >= 11 is 0. The van der Waals surface area contributed by atoms with Gasteiger partial charge >= 0.3 is 0 Å². The van der Waals surface area contributed by atoms with Crippen molar-refractivity contribution in [3.05, 3.63) is 29.8 Å². The van der Waals surface area contributed by atoms with E-state index in [0.717, 1.165) is 37.3 Å². The van der Waals surface area contributed by atoms with Gasteiger partial charge in [0.2, 0.25) is 10.0 Å². The molecule has 0 saturated carbocycles. The summed E-state index contributed by atoms with van der Waals surface area (Å²) in [5.41, 5.74) is 1.02. The zero-order valence-corrected chi connectivity index (χ0v) is 18.0. The van der Waals surface area contributed by atoms with Crippen molar-refractivity contribution >= 4 is 40.0 Å². The molecule has 3 rings (SSSR count). The van der Waals surface area contributed by atoms with Crippen molar-refractivity contribution in [2.45, 2.75) is 55.8 Å². The van der Waals surface area contributed by atoms with Gasteiger partial charge in [0.15, 0.2) is 5.96 Å². The SMILES string of the molecule is CCNC(=NCCc1ccc(S(N)(=O)=O)cc1)NC1CC2CCC1O2.I. The number of sulfonamides is 1. The molecule has 2 heterocycles. The summed E-state index contributed by atoms with van der Waals surface area (Å²) in [7, 11) is -3.64. The number of benzene rings is 1. The lowest BCUT2D eigenvalue weighted by Crippen LogP contribution is -2.47. The Kier molecular flexibility index (Phi) is 7.68. The smallest absolute Gasteiger partial charge is 0.238 e. The van der Waals surface area contributed by atoms with Gasteiger partial charge in [-0.1, -0.05) is 12.1 Å². The van der Waals surface area contributed by atoms with Gasteiger partial charge in [0.1, 0.15) is 0 Å². The summed E-state index contributed by atoms with van der Waals surface area (Å²) in [6.45, 7) is 3.46. The van der Waals surface area contributed by atoms with E-state index in [9.17, 15) is 8.42 Å². The molecule has 0 spiro atoms. The molecule has 0 aromatic heterocycles. The first-order chi connectivity index (χ1) is 12.0. The lowest BCUT2D eigenvalue weighted by Gasteiger charge is -2.22. The number of aliphatic imine (C=N–C) groups is 1. The summed E-state index contributed by atoms with van der Waals surface area (Å²) < 4.78 is 28.4. The van der Waals surface area contributed by atoms with Gasteiger partial charge in [0.05, 0.1) is 23.1 Å². The molecular formula is C17H27IN4O3S. The van der Waals surface area contributed by atoms with Crippen LogP contribution in [0.5, 0.6) is 0 Å². The van der Waals surface area contributed by atoms with Crippen LogP contribution in [0.3, 0.4) is 0 Å². The van der Waals surface area contributed by atoms with Crippen molar-refractivity contribution in [1.29, 1.82) is 0 Å². The molecule has 26 heavy (non-hydrogen) atoms. The highest BCUT2D eigenvalue weighted by Crippen LogP contribution is 2.34. The quantitative estimate of drug-likeness (QED) is 0.315. The molecule has 1 aromatic rings. The number of guanidine groups is 1. The fourth-order valence-electron chi connectivity index (χ4n) is 3.43. The van der Waals surface area contributed by atoms with Crippen LogP contribution >= 0.6 is 24.0 Å². The monoisotopic (exact) mass is 494 g/mol. The molecule has 2 aliphatic heterocycles. The Balaban J connectivity index is 0.00000243. The van der Waals surface area contributed by atoms with Gasteiger partial charge in [-0.3, -0.25) is 4.99 Å². The number of ether oxygens (including phenoxy) is 1. The first-order valence-corrected chi connectivity index (χ1v) is 10.3. The van der Waals surface area contributed by atoms with Crippen molar-refractivity contribution < 1.29 is 13.2 Å². The summed E-state index contributed by atoms with van der Waals surface area (Å²) in [5.74, 6) is 0.810. The van der Waals surface area contributed by atoms with E-state index in [0.29, 0.717) is 24.8 Å². The summed E-state index contributed by atoms with van der Waals surface area (Å²) in [6.07, 6.45) is 4.78. The molecule has 2 aliphatic rings. The molecule has 2 saturated heterocycles. The number of halogens is 1. The lowest BCUT2D eigenvalue weighted by atomic mass is 9.96. The second-order valence-electron chi connectivity index (χ2n) is 6.56. The van der Waals surface area contributed by atoms with Crippen molar-refractivity contribution in [3.63, 3.8) is 0 Å². The standard InChI is InChI=1S/C17H26N4O3S.HI/c1-2-19-17(21-15-11-13-5-8-16(15)24-13)20-10-9-12-3-6-14(7-4-12)25(18,22)23;/h3-4,6-7,13,15-16H,2,5,8-11H2,1H3,(H2,18,22,23)(H2,19,20,21);1H. The molecule has 9 heteroatoms. The molecule has 2 fully saturated rings. The van der Waals surface area contributed by atoms with E-state index < -0.39 is 10.0 Å². The van der Waals surface area contributed by atoms with E-state index in [1.807, 2.05) is 6.92 Å². The van der Waals surface area contributed by atoms with Crippen molar-refractivity contribution in [2.24, 2.45) is 10.1 Å². The normalized spacial score (nSPS) is 25.0. The van der Waals surface area contributed by atoms with Crippen molar-refractivity contribution in [2.75, 3.05) is 13.1 Å². The average Bonchev–Trinajstić information content (AvgIpc) is 3.17. The van der Waals surface area contributed by atoms with Crippen LogP contribution in [0, 0.1) is 0 Å². The molecule has 0 aliphatic carbocycles. The number of rotatable bonds is 6. The predicted molar refractivity (Wildman–Crippen MR) is 112 cm³/mol. The summed E-state index contributed by atoms with van der Waals surface area (Å²) in [6, 6.07) is 6.96. The topological polar surface area (TPSA) is 106 Å². The molecule has 2 bridgehead atoms. The van der Waals surface area contributed by atoms with Crippen molar-refractivity contribution in [3.8, 4) is 0 Å². The minimum absolute atomic E-state index is 0. The Labute approximate surface area is 172 Å². The molecule has 146 valence electrons. The summed E-state index contributed by atoms with van der Waals surface area (Å²) in [4.78, 5) is 4.75. The Bertz CT molecular complexity index is 724. The lowest BCUT2D eigenvalue weighted by molar-refractivity contribution is 0.0992. The maximum atomic E-state index is 11.3. The third-order valence-electron chi connectivity index (χ3n) is 4.69. The van der Waals surface area contributed by atoms with E-state index in [-0.39, 0.29) is 28.9 Å². The van der Waals surface area contributed by atoms with Gasteiger partial charge in [0, 0.05) is 13.1 Å². The van der Waals surface area contributed by atoms with Crippen LogP contribution < -0.4 is 15.8 Å². The van der Waals surface area contributed by atoms with Gasteiger partial charge in [-0.25, -0.2) is 13.6 Å². The Morgan fingerprint density at radius 3 is 2.58 bits per heavy atom. The van der Waals surface area contributed by atoms with E-state index in [1.54, 1.807) is 12.1 Å². The second kappa shape index (κ2) is 9.34. The van der Waals surface area contributed by atoms with Crippen LogP contribution in [0.15, 0.2) is 34.2 Å². The highest BCUT2D eigenvalue weighted by Gasteiger charge is 2.41. The highest BCUT2D eigenvalue weighted by atomic mass is 127. The fraction of sp³-hybridized carbons (Fsp3) is 0.588. The Morgan fingerprint density at radius 2 is 2.04 bits per heavy atom. The molecule has 0 radical (unpaired) electrons. The number of fused-ring (bicyclic) bond motifs is 2. The van der Waals surface area contributed by atoms with Crippen LogP contribution in [0.1, 0.15) is 31.7 Å². The summed E-state index contributed by atoms with van der Waals surface area (Å²) in [5, 5.41) is 11.9. The molecular weight excluding hydrogens is 467 g/mol. The Hall–Kier alpha value is -0.910. The van der Waals surface area contributed by atoms with Gasteiger partial charge in [0.25, 0.3) is 0 Å². The number of hydrogen-bond donors (Lipinski definition) is 3. The average molecular weight is 494 g/mol. The van der Waals surface area contributed by atoms with Crippen LogP contribution in [0.2, 0.25) is 0 Å². The largest absolute Gasteiger partial charge is 0.373 e. The van der Waals surface area contributed by atoms with Gasteiger partial charge in [-0.2, -0.15) is 0 Å². The molecule has 7 nitrogen and oxygen atoms in total.